The number of carbonyl (C=O) groups is 1. The Hall–Kier alpha value is -1.56. The van der Waals surface area contributed by atoms with Crippen LogP contribution < -0.4 is 4.90 Å². The van der Waals surface area contributed by atoms with Crippen molar-refractivity contribution < 1.29 is 18.3 Å². The summed E-state index contributed by atoms with van der Waals surface area (Å²) >= 11 is 0. The van der Waals surface area contributed by atoms with E-state index in [9.17, 15) is 13.2 Å². The average Bonchev–Trinajstić information content (AvgIpc) is 2.36. The van der Waals surface area contributed by atoms with Crippen molar-refractivity contribution in [3.05, 3.63) is 24.3 Å². The molecule has 1 N–H and O–H groups in total. The second-order valence-corrected chi connectivity index (χ2v) is 6.18. The number of benzene rings is 1. The number of sulfone groups is 1. The van der Waals surface area contributed by atoms with Crippen molar-refractivity contribution in [2.24, 2.45) is 0 Å². The summed E-state index contributed by atoms with van der Waals surface area (Å²) < 4.78 is 23.8. The van der Waals surface area contributed by atoms with Crippen LogP contribution in [0, 0.1) is 0 Å². The lowest BCUT2D eigenvalue weighted by Crippen LogP contribution is -2.23. The molecule has 6 heteroatoms. The molecule has 0 unspecified atom stereocenters. The van der Waals surface area contributed by atoms with E-state index >= 15 is 0 Å². The Bertz CT molecular complexity index is 525. The zero-order chi connectivity index (χ0) is 13.8. The first kappa shape index (κ1) is 14.5. The number of para-hydroxylation sites is 1. The maximum Gasteiger partial charge on any atom is 0.305 e. The molecule has 0 aromatic heterocycles. The Kier molecular flexibility index (Phi) is 4.72. The van der Waals surface area contributed by atoms with Gasteiger partial charge in [-0.05, 0) is 12.1 Å². The predicted octanol–water partition coefficient (Wildman–Crippen LogP) is 1.39. The number of hydrogen-bond donors (Lipinski definition) is 1. The monoisotopic (exact) mass is 271 g/mol. The normalized spacial score (nSPS) is 11.2. The molecule has 0 aliphatic heterocycles. The molecule has 0 aliphatic rings. The topological polar surface area (TPSA) is 74.7 Å². The van der Waals surface area contributed by atoms with Crippen molar-refractivity contribution >= 4 is 21.5 Å². The van der Waals surface area contributed by atoms with E-state index < -0.39 is 15.8 Å². The van der Waals surface area contributed by atoms with Crippen LogP contribution in [0.15, 0.2) is 29.2 Å². The van der Waals surface area contributed by atoms with Gasteiger partial charge in [0.1, 0.15) is 0 Å². The summed E-state index contributed by atoms with van der Waals surface area (Å²) in [4.78, 5) is 12.4. The van der Waals surface area contributed by atoms with Crippen LogP contribution in [-0.2, 0) is 14.6 Å². The fraction of sp³-hybridized carbons (Fsp3) is 0.417. The molecule has 1 aromatic carbocycles. The first-order chi connectivity index (χ1) is 8.38. The van der Waals surface area contributed by atoms with Crippen LogP contribution >= 0.6 is 0 Å². The second-order valence-electron chi connectivity index (χ2n) is 3.94. The van der Waals surface area contributed by atoms with Crippen molar-refractivity contribution in [3.8, 4) is 0 Å². The van der Waals surface area contributed by atoms with Gasteiger partial charge in [0.05, 0.1) is 22.8 Å². The number of hydrogen-bond acceptors (Lipinski definition) is 4. The molecule has 0 saturated heterocycles. The van der Waals surface area contributed by atoms with E-state index in [1.54, 1.807) is 43.1 Å². The van der Waals surface area contributed by atoms with Crippen molar-refractivity contribution in [2.75, 3.05) is 24.2 Å². The zero-order valence-electron chi connectivity index (χ0n) is 10.5. The Morgan fingerprint density at radius 2 is 1.94 bits per heavy atom. The number of carboxylic acid groups (broad SMARTS) is 1. The standard InChI is InChI=1S/C12H17NO4S/c1-3-18(16,17)11-7-5-4-6-10(11)13(2)9-8-12(14)15/h4-7H,3,8-9H2,1-2H3,(H,14,15). The highest BCUT2D eigenvalue weighted by molar-refractivity contribution is 7.91. The minimum Gasteiger partial charge on any atom is -0.481 e. The van der Waals surface area contributed by atoms with Gasteiger partial charge in [-0.1, -0.05) is 19.1 Å². The summed E-state index contributed by atoms with van der Waals surface area (Å²) in [5, 5.41) is 8.64. The molecule has 0 atom stereocenters. The Morgan fingerprint density at radius 3 is 2.50 bits per heavy atom. The average molecular weight is 271 g/mol. The van der Waals surface area contributed by atoms with E-state index in [0.717, 1.165) is 0 Å². The van der Waals surface area contributed by atoms with E-state index in [0.29, 0.717) is 5.69 Å². The highest BCUT2D eigenvalue weighted by Crippen LogP contribution is 2.25. The van der Waals surface area contributed by atoms with Crippen LogP contribution in [0.3, 0.4) is 0 Å². The van der Waals surface area contributed by atoms with E-state index in [4.69, 9.17) is 5.11 Å². The van der Waals surface area contributed by atoms with Gasteiger partial charge in [0.25, 0.3) is 0 Å². The van der Waals surface area contributed by atoms with Crippen molar-refractivity contribution in [1.82, 2.24) is 0 Å². The predicted molar refractivity (Wildman–Crippen MR) is 69.7 cm³/mol. The van der Waals surface area contributed by atoms with Crippen LogP contribution in [0.5, 0.6) is 0 Å². The SMILES string of the molecule is CCS(=O)(=O)c1ccccc1N(C)CCC(=O)O. The van der Waals surface area contributed by atoms with Gasteiger partial charge < -0.3 is 10.0 Å². The van der Waals surface area contributed by atoms with E-state index in [2.05, 4.69) is 0 Å². The lowest BCUT2D eigenvalue weighted by atomic mass is 10.3. The Morgan fingerprint density at radius 1 is 1.33 bits per heavy atom. The summed E-state index contributed by atoms with van der Waals surface area (Å²) in [5.41, 5.74) is 0.542. The van der Waals surface area contributed by atoms with E-state index in [-0.39, 0.29) is 23.6 Å². The highest BCUT2D eigenvalue weighted by atomic mass is 32.2. The maximum atomic E-state index is 11.9. The van der Waals surface area contributed by atoms with Crippen LogP contribution in [0.1, 0.15) is 13.3 Å². The maximum absolute atomic E-state index is 11.9. The first-order valence-corrected chi connectivity index (χ1v) is 7.28. The van der Waals surface area contributed by atoms with E-state index in [1.165, 1.54) is 0 Å². The van der Waals surface area contributed by atoms with Gasteiger partial charge in [0.2, 0.25) is 0 Å². The van der Waals surface area contributed by atoms with E-state index in [1.807, 2.05) is 0 Å². The summed E-state index contributed by atoms with van der Waals surface area (Å²) in [7, 11) is -1.61. The summed E-state index contributed by atoms with van der Waals surface area (Å²) in [6, 6.07) is 6.63. The molecule has 100 valence electrons. The molecule has 0 amide bonds. The van der Waals surface area contributed by atoms with Crippen LogP contribution in [0.2, 0.25) is 0 Å². The molecule has 0 aliphatic carbocycles. The molecule has 18 heavy (non-hydrogen) atoms. The van der Waals surface area contributed by atoms with Crippen molar-refractivity contribution in [2.45, 2.75) is 18.2 Å². The van der Waals surface area contributed by atoms with Gasteiger partial charge in [-0.2, -0.15) is 0 Å². The third kappa shape index (κ3) is 3.46. The van der Waals surface area contributed by atoms with Crippen molar-refractivity contribution in [1.29, 1.82) is 0 Å². The molecular weight excluding hydrogens is 254 g/mol. The van der Waals surface area contributed by atoms with Gasteiger partial charge in [-0.15, -0.1) is 0 Å². The zero-order valence-corrected chi connectivity index (χ0v) is 11.3. The quantitative estimate of drug-likeness (QED) is 0.846. The fourth-order valence-corrected chi connectivity index (χ4v) is 2.71. The first-order valence-electron chi connectivity index (χ1n) is 5.63. The minimum absolute atomic E-state index is 0.0246. The Labute approximate surface area is 107 Å². The fourth-order valence-electron chi connectivity index (χ4n) is 1.57. The van der Waals surface area contributed by atoms with Gasteiger partial charge in [-0.3, -0.25) is 4.79 Å². The minimum atomic E-state index is -3.30. The third-order valence-corrected chi connectivity index (χ3v) is 4.43. The molecule has 1 aromatic rings. The summed E-state index contributed by atoms with van der Waals surface area (Å²) in [5.74, 6) is -0.880. The molecule has 0 fully saturated rings. The lowest BCUT2D eigenvalue weighted by Gasteiger charge is -2.21. The van der Waals surface area contributed by atoms with Gasteiger partial charge in [0.15, 0.2) is 9.84 Å². The van der Waals surface area contributed by atoms with Crippen LogP contribution in [0.25, 0.3) is 0 Å². The van der Waals surface area contributed by atoms with Gasteiger partial charge in [-0.25, -0.2) is 8.42 Å². The number of anilines is 1. The van der Waals surface area contributed by atoms with Crippen molar-refractivity contribution in [3.63, 3.8) is 0 Å². The molecule has 0 saturated carbocycles. The molecule has 0 bridgehead atoms. The summed E-state index contributed by atoms with van der Waals surface area (Å²) in [6.45, 7) is 1.86. The molecule has 0 radical (unpaired) electrons. The number of carboxylic acids is 1. The largest absolute Gasteiger partial charge is 0.481 e. The number of rotatable bonds is 6. The van der Waals surface area contributed by atoms with Gasteiger partial charge in [0, 0.05) is 13.6 Å². The molecule has 5 nitrogen and oxygen atoms in total. The highest BCUT2D eigenvalue weighted by Gasteiger charge is 2.18. The smallest absolute Gasteiger partial charge is 0.305 e. The Balaban J connectivity index is 3.06. The summed E-state index contributed by atoms with van der Waals surface area (Å²) in [6.07, 6.45) is -0.0307. The number of aliphatic carboxylic acids is 1. The van der Waals surface area contributed by atoms with Crippen LogP contribution in [-0.4, -0.2) is 38.8 Å². The molecule has 0 spiro atoms. The van der Waals surface area contributed by atoms with Gasteiger partial charge >= 0.3 is 5.97 Å². The van der Waals surface area contributed by atoms with Crippen LogP contribution in [0.4, 0.5) is 5.69 Å². The number of nitrogens with zero attached hydrogens (tertiary/aromatic N) is 1. The molecule has 0 heterocycles. The molecule has 1 rings (SSSR count). The second kappa shape index (κ2) is 5.86. The third-order valence-electron chi connectivity index (χ3n) is 2.65. The lowest BCUT2D eigenvalue weighted by molar-refractivity contribution is -0.136. The molecular formula is C12H17NO4S.